The first-order chi connectivity index (χ1) is 13.1. The Bertz CT molecular complexity index is 913. The van der Waals surface area contributed by atoms with E-state index in [9.17, 15) is 9.18 Å². The molecule has 1 N–H and O–H groups in total. The third-order valence-corrected chi connectivity index (χ3v) is 4.07. The SMILES string of the molecule is CCN(C(=O)c1cc(NCc2ccc(F)cc2)nc(C)n1)c1ccccc1. The summed E-state index contributed by atoms with van der Waals surface area (Å²) in [7, 11) is 0. The molecule has 3 aromatic rings. The van der Waals surface area contributed by atoms with Crippen LogP contribution in [0.25, 0.3) is 0 Å². The summed E-state index contributed by atoms with van der Waals surface area (Å²) in [5.41, 5.74) is 2.07. The van der Waals surface area contributed by atoms with Crippen molar-refractivity contribution in [3.05, 3.63) is 83.6 Å². The van der Waals surface area contributed by atoms with Crippen LogP contribution in [0, 0.1) is 12.7 Å². The van der Waals surface area contributed by atoms with Gasteiger partial charge in [-0.15, -0.1) is 0 Å². The second-order valence-corrected chi connectivity index (χ2v) is 6.05. The average molecular weight is 364 g/mol. The van der Waals surface area contributed by atoms with Crippen molar-refractivity contribution in [1.29, 1.82) is 0 Å². The minimum atomic E-state index is -0.273. The van der Waals surface area contributed by atoms with Gasteiger partial charge in [0.2, 0.25) is 0 Å². The molecule has 5 nitrogen and oxygen atoms in total. The summed E-state index contributed by atoms with van der Waals surface area (Å²) in [6, 6.07) is 17.4. The molecular weight excluding hydrogens is 343 g/mol. The zero-order chi connectivity index (χ0) is 19.2. The molecule has 0 aliphatic carbocycles. The highest BCUT2D eigenvalue weighted by Gasteiger charge is 2.18. The van der Waals surface area contributed by atoms with Crippen molar-refractivity contribution in [3.63, 3.8) is 0 Å². The molecule has 0 aliphatic heterocycles. The van der Waals surface area contributed by atoms with E-state index in [4.69, 9.17) is 0 Å². The number of carbonyl (C=O) groups is 1. The molecule has 0 atom stereocenters. The Balaban J connectivity index is 1.79. The van der Waals surface area contributed by atoms with E-state index in [-0.39, 0.29) is 11.7 Å². The van der Waals surface area contributed by atoms with Crippen molar-refractivity contribution in [3.8, 4) is 0 Å². The van der Waals surface area contributed by atoms with Gasteiger partial charge in [-0.25, -0.2) is 14.4 Å². The second kappa shape index (κ2) is 8.40. The number of rotatable bonds is 6. The fourth-order valence-corrected chi connectivity index (χ4v) is 2.75. The van der Waals surface area contributed by atoms with Crippen LogP contribution in [0.4, 0.5) is 15.9 Å². The van der Waals surface area contributed by atoms with Crippen molar-refractivity contribution in [2.24, 2.45) is 0 Å². The number of para-hydroxylation sites is 1. The second-order valence-electron chi connectivity index (χ2n) is 6.05. The van der Waals surface area contributed by atoms with Crippen molar-refractivity contribution < 1.29 is 9.18 Å². The molecule has 0 spiro atoms. The average Bonchev–Trinajstić information content (AvgIpc) is 2.68. The van der Waals surface area contributed by atoms with Crippen LogP contribution in [-0.4, -0.2) is 22.4 Å². The molecule has 0 saturated carbocycles. The molecule has 1 aromatic heterocycles. The lowest BCUT2D eigenvalue weighted by Gasteiger charge is -2.21. The normalized spacial score (nSPS) is 10.5. The number of hydrogen-bond donors (Lipinski definition) is 1. The summed E-state index contributed by atoms with van der Waals surface area (Å²) < 4.78 is 13.0. The maximum Gasteiger partial charge on any atom is 0.277 e. The topological polar surface area (TPSA) is 58.1 Å². The maximum atomic E-state index is 13.0. The summed E-state index contributed by atoms with van der Waals surface area (Å²) in [5.74, 6) is 0.606. The van der Waals surface area contributed by atoms with Crippen LogP contribution in [0.5, 0.6) is 0 Å². The van der Waals surface area contributed by atoms with Gasteiger partial charge in [0.05, 0.1) is 0 Å². The number of carbonyl (C=O) groups excluding carboxylic acids is 1. The van der Waals surface area contributed by atoms with Crippen LogP contribution < -0.4 is 10.2 Å². The number of amides is 1. The lowest BCUT2D eigenvalue weighted by molar-refractivity contribution is 0.0983. The van der Waals surface area contributed by atoms with E-state index >= 15 is 0 Å². The van der Waals surface area contributed by atoms with Crippen LogP contribution in [0.2, 0.25) is 0 Å². The first kappa shape index (κ1) is 18.5. The van der Waals surface area contributed by atoms with Gasteiger partial charge in [0.15, 0.2) is 0 Å². The van der Waals surface area contributed by atoms with Crippen LogP contribution in [0.15, 0.2) is 60.7 Å². The zero-order valence-electron chi connectivity index (χ0n) is 15.3. The van der Waals surface area contributed by atoms with E-state index < -0.39 is 0 Å². The molecule has 0 aliphatic rings. The lowest BCUT2D eigenvalue weighted by Crippen LogP contribution is -2.31. The molecule has 0 fully saturated rings. The number of aryl methyl sites for hydroxylation is 1. The van der Waals surface area contributed by atoms with Gasteiger partial charge in [0.1, 0.15) is 23.2 Å². The van der Waals surface area contributed by atoms with Gasteiger partial charge in [-0.05, 0) is 43.7 Å². The predicted octanol–water partition coefficient (Wildman–Crippen LogP) is 4.20. The molecular formula is C21H21FN4O. The van der Waals surface area contributed by atoms with Gasteiger partial charge in [0, 0.05) is 24.8 Å². The number of nitrogens with one attached hydrogen (secondary N) is 1. The smallest absolute Gasteiger partial charge is 0.277 e. The van der Waals surface area contributed by atoms with E-state index in [0.29, 0.717) is 30.4 Å². The van der Waals surface area contributed by atoms with Gasteiger partial charge in [-0.3, -0.25) is 4.79 Å². The molecule has 1 amide bonds. The standard InChI is InChI=1S/C21H21FN4O/c1-3-26(18-7-5-4-6-8-18)21(27)19-13-20(25-15(2)24-19)23-14-16-9-11-17(22)12-10-16/h4-13H,3,14H2,1-2H3,(H,23,24,25). The highest BCUT2D eigenvalue weighted by atomic mass is 19.1. The van der Waals surface area contributed by atoms with Gasteiger partial charge in [-0.2, -0.15) is 0 Å². The summed E-state index contributed by atoms with van der Waals surface area (Å²) in [6.07, 6.45) is 0. The zero-order valence-corrected chi connectivity index (χ0v) is 15.3. The summed E-state index contributed by atoms with van der Waals surface area (Å²) in [6.45, 7) is 4.68. The quantitative estimate of drug-likeness (QED) is 0.712. The Labute approximate surface area is 157 Å². The van der Waals surface area contributed by atoms with E-state index in [1.807, 2.05) is 37.3 Å². The van der Waals surface area contributed by atoms with E-state index in [0.717, 1.165) is 11.3 Å². The van der Waals surface area contributed by atoms with Gasteiger partial charge in [-0.1, -0.05) is 30.3 Å². The van der Waals surface area contributed by atoms with E-state index in [1.165, 1.54) is 12.1 Å². The number of aromatic nitrogens is 2. The fraction of sp³-hybridized carbons (Fsp3) is 0.190. The Hall–Kier alpha value is -3.28. The Morgan fingerprint density at radius 2 is 1.78 bits per heavy atom. The molecule has 0 bridgehead atoms. The summed E-state index contributed by atoms with van der Waals surface area (Å²) in [4.78, 5) is 23.3. The maximum absolute atomic E-state index is 13.0. The number of anilines is 2. The van der Waals surface area contributed by atoms with E-state index in [2.05, 4.69) is 15.3 Å². The summed E-state index contributed by atoms with van der Waals surface area (Å²) in [5, 5.41) is 3.17. The Morgan fingerprint density at radius 3 is 2.44 bits per heavy atom. The molecule has 6 heteroatoms. The highest BCUT2D eigenvalue weighted by molar-refractivity contribution is 6.05. The van der Waals surface area contributed by atoms with Crippen LogP contribution >= 0.6 is 0 Å². The number of benzene rings is 2. The number of halogens is 1. The lowest BCUT2D eigenvalue weighted by atomic mass is 10.2. The predicted molar refractivity (Wildman–Crippen MR) is 104 cm³/mol. The fourth-order valence-electron chi connectivity index (χ4n) is 2.75. The van der Waals surface area contributed by atoms with Crippen molar-refractivity contribution in [2.45, 2.75) is 20.4 Å². The van der Waals surface area contributed by atoms with Crippen molar-refractivity contribution >= 4 is 17.4 Å². The molecule has 27 heavy (non-hydrogen) atoms. The van der Waals surface area contributed by atoms with Gasteiger partial charge >= 0.3 is 0 Å². The van der Waals surface area contributed by atoms with Crippen LogP contribution in [-0.2, 0) is 6.54 Å². The minimum absolute atomic E-state index is 0.181. The van der Waals surface area contributed by atoms with Crippen LogP contribution in [0.3, 0.4) is 0 Å². The van der Waals surface area contributed by atoms with Crippen molar-refractivity contribution in [1.82, 2.24) is 9.97 Å². The molecule has 2 aromatic carbocycles. The van der Waals surface area contributed by atoms with Gasteiger partial charge in [0.25, 0.3) is 5.91 Å². The minimum Gasteiger partial charge on any atom is -0.366 e. The third-order valence-electron chi connectivity index (χ3n) is 4.07. The monoisotopic (exact) mass is 364 g/mol. The first-order valence-corrected chi connectivity index (χ1v) is 8.77. The molecule has 3 rings (SSSR count). The summed E-state index contributed by atoms with van der Waals surface area (Å²) >= 11 is 0. The van der Waals surface area contributed by atoms with Crippen LogP contribution in [0.1, 0.15) is 28.8 Å². The molecule has 0 unspecified atom stereocenters. The largest absolute Gasteiger partial charge is 0.366 e. The van der Waals surface area contributed by atoms with Gasteiger partial charge < -0.3 is 10.2 Å². The number of nitrogens with zero attached hydrogens (tertiary/aromatic N) is 3. The third kappa shape index (κ3) is 4.67. The molecule has 0 radical (unpaired) electrons. The van der Waals surface area contributed by atoms with E-state index in [1.54, 1.807) is 30.0 Å². The molecule has 138 valence electrons. The van der Waals surface area contributed by atoms with Crippen molar-refractivity contribution in [2.75, 3.05) is 16.8 Å². The first-order valence-electron chi connectivity index (χ1n) is 8.77. The number of hydrogen-bond acceptors (Lipinski definition) is 4. The molecule has 1 heterocycles. The highest BCUT2D eigenvalue weighted by Crippen LogP contribution is 2.17. The Kier molecular flexibility index (Phi) is 5.76. The molecule has 0 saturated heterocycles. The Morgan fingerprint density at radius 1 is 1.07 bits per heavy atom.